The number of benzene rings is 3. The Balaban J connectivity index is 1.42. The van der Waals surface area contributed by atoms with Crippen molar-refractivity contribution < 1.29 is 14.0 Å². The zero-order chi connectivity index (χ0) is 24.4. The van der Waals surface area contributed by atoms with Gasteiger partial charge in [0.05, 0.1) is 12.9 Å². The molecule has 2 atom stereocenters. The van der Waals surface area contributed by atoms with Crippen LogP contribution in [0.2, 0.25) is 0 Å². The Bertz CT molecular complexity index is 1370. The molecule has 4 aromatic rings. The van der Waals surface area contributed by atoms with Crippen LogP contribution in [0.25, 0.3) is 11.3 Å². The average molecular weight is 469 g/mol. The molecule has 2 amide bonds. The predicted octanol–water partition coefficient (Wildman–Crippen LogP) is 5.58. The van der Waals surface area contributed by atoms with Crippen molar-refractivity contribution in [1.82, 2.24) is 9.55 Å². The van der Waals surface area contributed by atoms with Gasteiger partial charge in [0.2, 0.25) is 5.91 Å². The number of anilines is 2. The third-order valence-electron chi connectivity index (χ3n) is 6.22. The smallest absolute Gasteiger partial charge is 0.256 e. The lowest BCUT2D eigenvalue weighted by atomic mass is 10.1. The topological polar surface area (TPSA) is 76.0 Å². The fourth-order valence-electron chi connectivity index (χ4n) is 4.07. The lowest BCUT2D eigenvalue weighted by molar-refractivity contribution is -0.117. The molecular weight excluding hydrogens is 443 g/mol. The second kappa shape index (κ2) is 9.54. The van der Waals surface area contributed by atoms with Crippen LogP contribution in [0.3, 0.4) is 0 Å². The SMILES string of the molecule is CC1CC1C(=O)Nc1cccc(C(=O)Nc2c(-c3ccc(F)cc3)ncn2Cc2ccccc2)c1. The van der Waals surface area contributed by atoms with Crippen molar-refractivity contribution >= 4 is 23.3 Å². The number of imidazole rings is 1. The van der Waals surface area contributed by atoms with E-state index >= 15 is 0 Å². The van der Waals surface area contributed by atoms with Gasteiger partial charge < -0.3 is 15.2 Å². The molecule has 1 aliphatic rings. The number of aromatic nitrogens is 2. The van der Waals surface area contributed by atoms with E-state index in [1.807, 2.05) is 41.8 Å². The summed E-state index contributed by atoms with van der Waals surface area (Å²) in [6, 6.07) is 22.7. The van der Waals surface area contributed by atoms with Crippen molar-refractivity contribution in [2.75, 3.05) is 10.6 Å². The number of hydrogen-bond donors (Lipinski definition) is 2. The van der Waals surface area contributed by atoms with E-state index < -0.39 is 0 Å². The van der Waals surface area contributed by atoms with Crippen LogP contribution in [-0.4, -0.2) is 21.4 Å². The van der Waals surface area contributed by atoms with Crippen LogP contribution in [-0.2, 0) is 11.3 Å². The molecule has 6 nitrogen and oxygen atoms in total. The summed E-state index contributed by atoms with van der Waals surface area (Å²) in [5.74, 6) is 0.247. The number of carbonyl (C=O) groups is 2. The summed E-state index contributed by atoms with van der Waals surface area (Å²) in [6.45, 7) is 2.55. The molecule has 5 rings (SSSR count). The van der Waals surface area contributed by atoms with Gasteiger partial charge in [0.25, 0.3) is 5.91 Å². The van der Waals surface area contributed by atoms with E-state index in [1.54, 1.807) is 42.7 Å². The molecule has 1 aromatic heterocycles. The Morgan fingerprint density at radius 3 is 2.46 bits per heavy atom. The van der Waals surface area contributed by atoms with Gasteiger partial charge in [-0.15, -0.1) is 0 Å². The maximum atomic E-state index is 13.5. The lowest BCUT2D eigenvalue weighted by Gasteiger charge is -2.13. The molecule has 0 bridgehead atoms. The Labute approximate surface area is 202 Å². The molecule has 0 saturated heterocycles. The van der Waals surface area contributed by atoms with Gasteiger partial charge in [-0.1, -0.05) is 43.3 Å². The summed E-state index contributed by atoms with van der Waals surface area (Å²) in [5, 5.41) is 5.89. The van der Waals surface area contributed by atoms with E-state index in [1.165, 1.54) is 12.1 Å². The van der Waals surface area contributed by atoms with Crippen molar-refractivity contribution in [1.29, 1.82) is 0 Å². The van der Waals surface area contributed by atoms with E-state index in [2.05, 4.69) is 15.6 Å². The quantitative estimate of drug-likeness (QED) is 0.372. The number of nitrogens with zero attached hydrogens (tertiary/aromatic N) is 2. The van der Waals surface area contributed by atoms with E-state index in [9.17, 15) is 14.0 Å². The first-order valence-electron chi connectivity index (χ1n) is 11.5. The molecule has 3 aromatic carbocycles. The van der Waals surface area contributed by atoms with Gasteiger partial charge in [0, 0.05) is 22.7 Å². The van der Waals surface area contributed by atoms with Gasteiger partial charge >= 0.3 is 0 Å². The Hall–Kier alpha value is -4.26. The summed E-state index contributed by atoms with van der Waals surface area (Å²) in [5.41, 5.74) is 3.27. The van der Waals surface area contributed by atoms with E-state index in [0.717, 1.165) is 12.0 Å². The highest BCUT2D eigenvalue weighted by atomic mass is 19.1. The van der Waals surface area contributed by atoms with Crippen molar-refractivity contribution in [3.8, 4) is 11.3 Å². The standard InChI is InChI=1S/C28H25FN4O2/c1-18-14-24(18)28(35)31-23-9-5-8-21(15-23)27(34)32-26-25(20-10-12-22(29)13-11-20)30-17-33(26)16-19-6-3-2-4-7-19/h2-13,15,17-18,24H,14,16H2,1H3,(H,31,35)(H,32,34). The average Bonchev–Trinajstić information content (AvgIpc) is 3.49. The van der Waals surface area contributed by atoms with Crippen LogP contribution in [0.5, 0.6) is 0 Å². The van der Waals surface area contributed by atoms with Crippen LogP contribution in [0, 0.1) is 17.7 Å². The van der Waals surface area contributed by atoms with Gasteiger partial charge in [-0.3, -0.25) is 9.59 Å². The van der Waals surface area contributed by atoms with E-state index in [-0.39, 0.29) is 23.5 Å². The van der Waals surface area contributed by atoms with Gasteiger partial charge in [0.1, 0.15) is 17.3 Å². The van der Waals surface area contributed by atoms with Crippen LogP contribution in [0.1, 0.15) is 29.3 Å². The van der Waals surface area contributed by atoms with Crippen LogP contribution in [0.15, 0.2) is 85.2 Å². The molecular formula is C28H25FN4O2. The van der Waals surface area contributed by atoms with Crippen molar-refractivity contribution in [2.45, 2.75) is 19.9 Å². The zero-order valence-corrected chi connectivity index (χ0v) is 19.2. The summed E-state index contributed by atoms with van der Waals surface area (Å²) in [6.07, 6.45) is 2.55. The second-order valence-corrected chi connectivity index (χ2v) is 8.91. The second-order valence-electron chi connectivity index (χ2n) is 8.91. The number of rotatable bonds is 7. The minimum atomic E-state index is -0.345. The Kier molecular flexibility index (Phi) is 6.14. The number of amides is 2. The van der Waals surface area contributed by atoms with Gasteiger partial charge in [-0.25, -0.2) is 9.37 Å². The summed E-state index contributed by atoms with van der Waals surface area (Å²) >= 11 is 0. The minimum absolute atomic E-state index is 0.0189. The van der Waals surface area contributed by atoms with Crippen LogP contribution >= 0.6 is 0 Å². The highest BCUT2D eigenvalue weighted by molar-refractivity contribution is 6.06. The molecule has 35 heavy (non-hydrogen) atoms. The summed E-state index contributed by atoms with van der Waals surface area (Å²) < 4.78 is 15.4. The summed E-state index contributed by atoms with van der Waals surface area (Å²) in [7, 11) is 0. The molecule has 2 N–H and O–H groups in total. The van der Waals surface area contributed by atoms with E-state index in [0.29, 0.717) is 40.8 Å². The highest BCUT2D eigenvalue weighted by Crippen LogP contribution is 2.38. The lowest BCUT2D eigenvalue weighted by Crippen LogP contribution is -2.18. The maximum Gasteiger partial charge on any atom is 0.256 e. The molecule has 1 saturated carbocycles. The van der Waals surface area contributed by atoms with Crippen molar-refractivity contribution in [3.05, 3.63) is 102 Å². The molecule has 1 heterocycles. The molecule has 0 aliphatic heterocycles. The number of hydrogen-bond acceptors (Lipinski definition) is 3. The van der Waals surface area contributed by atoms with Gasteiger partial charge in [-0.05, 0) is 60.4 Å². The fourth-order valence-corrected chi connectivity index (χ4v) is 4.07. The minimum Gasteiger partial charge on any atom is -0.326 e. The number of nitrogens with one attached hydrogen (secondary N) is 2. The fraction of sp³-hybridized carbons (Fsp3) is 0.179. The molecule has 7 heteroatoms. The predicted molar refractivity (Wildman–Crippen MR) is 133 cm³/mol. The molecule has 176 valence electrons. The molecule has 1 aliphatic carbocycles. The Morgan fingerprint density at radius 1 is 1.00 bits per heavy atom. The third kappa shape index (κ3) is 5.14. The van der Waals surface area contributed by atoms with E-state index in [4.69, 9.17) is 0 Å². The molecule has 0 spiro atoms. The first-order valence-corrected chi connectivity index (χ1v) is 11.5. The van der Waals surface area contributed by atoms with Crippen molar-refractivity contribution in [3.63, 3.8) is 0 Å². The first-order chi connectivity index (χ1) is 17.0. The highest BCUT2D eigenvalue weighted by Gasteiger charge is 2.39. The summed E-state index contributed by atoms with van der Waals surface area (Å²) in [4.78, 5) is 30.1. The zero-order valence-electron chi connectivity index (χ0n) is 19.2. The maximum absolute atomic E-state index is 13.5. The molecule has 0 radical (unpaired) electrons. The number of halogens is 1. The van der Waals surface area contributed by atoms with Crippen molar-refractivity contribution in [2.24, 2.45) is 11.8 Å². The third-order valence-corrected chi connectivity index (χ3v) is 6.22. The largest absolute Gasteiger partial charge is 0.326 e. The van der Waals surface area contributed by atoms with Gasteiger partial charge in [-0.2, -0.15) is 0 Å². The van der Waals surface area contributed by atoms with Crippen LogP contribution < -0.4 is 10.6 Å². The Morgan fingerprint density at radius 2 is 1.74 bits per heavy atom. The normalized spacial score (nSPS) is 16.5. The molecule has 2 unspecified atom stereocenters. The van der Waals surface area contributed by atoms with Gasteiger partial charge in [0.15, 0.2) is 0 Å². The number of carbonyl (C=O) groups excluding carboxylic acids is 2. The molecule has 1 fully saturated rings. The first kappa shape index (κ1) is 22.5. The monoisotopic (exact) mass is 468 g/mol. The van der Waals surface area contributed by atoms with Crippen LogP contribution in [0.4, 0.5) is 15.9 Å².